The number of benzene rings is 1. The van der Waals surface area contributed by atoms with Crippen molar-refractivity contribution >= 4 is 18.3 Å². The molecule has 1 aliphatic rings. The lowest BCUT2D eigenvalue weighted by atomic mass is 9.77. The summed E-state index contributed by atoms with van der Waals surface area (Å²) in [5, 5.41) is 18.9. The smallest absolute Gasteiger partial charge is 0.488 e. The molecule has 0 fully saturated rings. The molecule has 1 atom stereocenters. The van der Waals surface area contributed by atoms with Crippen LogP contribution < -0.4 is 20.8 Å². The number of hydrogen-bond donors (Lipinski definition) is 2. The van der Waals surface area contributed by atoms with Gasteiger partial charge in [-0.25, -0.2) is 0 Å². The zero-order valence-electron chi connectivity index (χ0n) is 11.9. The van der Waals surface area contributed by atoms with Crippen LogP contribution in [-0.2, 0) is 11.3 Å². The maximum absolute atomic E-state index is 9.93. The van der Waals surface area contributed by atoms with E-state index in [-0.39, 0.29) is 6.61 Å². The van der Waals surface area contributed by atoms with Crippen molar-refractivity contribution < 1.29 is 14.4 Å². The molecule has 1 aliphatic heterocycles. The summed E-state index contributed by atoms with van der Waals surface area (Å²) in [4.78, 5) is 1.85. The first-order chi connectivity index (χ1) is 9.35. The van der Waals surface area contributed by atoms with Crippen LogP contribution in [0.3, 0.4) is 0 Å². The van der Waals surface area contributed by atoms with E-state index in [1.54, 1.807) is 6.92 Å². The summed E-state index contributed by atoms with van der Waals surface area (Å²) >= 11 is 0. The van der Waals surface area contributed by atoms with Gasteiger partial charge >= 0.3 is 7.12 Å². The zero-order chi connectivity index (χ0) is 14.9. The van der Waals surface area contributed by atoms with Gasteiger partial charge in [-0.05, 0) is 18.6 Å². The molecule has 3 N–H and O–H groups in total. The molecule has 6 nitrogen and oxygen atoms in total. The predicted molar refractivity (Wildman–Crippen MR) is 76.9 cm³/mol. The van der Waals surface area contributed by atoms with Gasteiger partial charge in [-0.2, -0.15) is 5.26 Å². The minimum Gasteiger partial charge on any atom is -0.488 e. The van der Waals surface area contributed by atoms with Gasteiger partial charge in [0.25, 0.3) is 0 Å². The number of nitrogens with two attached hydrogens (primary N) is 1. The van der Waals surface area contributed by atoms with Crippen LogP contribution in [0.2, 0.25) is 0 Å². The third kappa shape index (κ3) is 2.73. The van der Waals surface area contributed by atoms with E-state index in [4.69, 9.17) is 20.4 Å². The first-order valence-corrected chi connectivity index (χ1v) is 6.31. The van der Waals surface area contributed by atoms with Gasteiger partial charge in [-0.15, -0.1) is 0 Å². The average molecular weight is 275 g/mol. The molecule has 106 valence electrons. The van der Waals surface area contributed by atoms with Crippen molar-refractivity contribution in [2.45, 2.75) is 19.1 Å². The Hall–Kier alpha value is -1.75. The number of fused-ring (bicyclic) bond motifs is 1. The second-order valence-corrected chi connectivity index (χ2v) is 5.36. The molecule has 1 heterocycles. The first kappa shape index (κ1) is 14.7. The molecule has 7 heteroatoms. The Kier molecular flexibility index (Phi) is 3.90. The summed E-state index contributed by atoms with van der Waals surface area (Å²) < 4.78 is 10.9. The molecule has 1 aromatic rings. The van der Waals surface area contributed by atoms with E-state index in [1.807, 2.05) is 37.2 Å². The van der Waals surface area contributed by atoms with Gasteiger partial charge in [0.15, 0.2) is 0 Å². The van der Waals surface area contributed by atoms with Gasteiger partial charge in [0, 0.05) is 19.6 Å². The molecule has 0 radical (unpaired) electrons. The van der Waals surface area contributed by atoms with Crippen LogP contribution >= 0.6 is 0 Å². The highest BCUT2D eigenvalue weighted by atomic mass is 16.5. The summed E-state index contributed by atoms with van der Waals surface area (Å²) in [5.41, 5.74) is 7.10. The third-order valence-electron chi connectivity index (χ3n) is 3.14. The SMILES string of the molecule is CN(C)c1c(OC[C@](C)(N)C#N)ccc2c1B(O)OC2. The standard InChI is InChI=1S/C13H18BN3O3/c1-13(16,7-15)8-19-10-5-4-9-6-20-14(18)11(9)12(10)17(2)3/h4-5,18H,6,8,16H2,1-3H3/t13-/m1/s1. The maximum Gasteiger partial charge on any atom is 0.494 e. The quantitative estimate of drug-likeness (QED) is 0.726. The Morgan fingerprint density at radius 2 is 2.30 bits per heavy atom. The van der Waals surface area contributed by atoms with Gasteiger partial charge in [-0.1, -0.05) is 6.07 Å². The monoisotopic (exact) mass is 275 g/mol. The van der Waals surface area contributed by atoms with Gasteiger partial charge in [0.1, 0.15) is 17.9 Å². The molecule has 0 spiro atoms. The normalized spacial score (nSPS) is 16.3. The van der Waals surface area contributed by atoms with Crippen LogP contribution in [0.1, 0.15) is 12.5 Å². The highest BCUT2D eigenvalue weighted by Gasteiger charge is 2.33. The number of hydrogen-bond acceptors (Lipinski definition) is 6. The topological polar surface area (TPSA) is 91.7 Å². The summed E-state index contributed by atoms with van der Waals surface area (Å²) in [6, 6.07) is 5.65. The largest absolute Gasteiger partial charge is 0.494 e. The molecule has 2 rings (SSSR count). The minimum atomic E-state index is -1.06. The van der Waals surface area contributed by atoms with Crippen LogP contribution in [0, 0.1) is 11.3 Å². The molecular formula is C13H18BN3O3. The number of ether oxygens (including phenoxy) is 1. The van der Waals surface area contributed by atoms with Crippen LogP contribution in [0.5, 0.6) is 5.75 Å². The highest BCUT2D eigenvalue weighted by Crippen LogP contribution is 2.30. The molecule has 20 heavy (non-hydrogen) atoms. The predicted octanol–water partition coefficient (Wildman–Crippen LogP) is -0.410. The molecule has 0 saturated carbocycles. The maximum atomic E-state index is 9.93. The van der Waals surface area contributed by atoms with Crippen LogP contribution in [0.25, 0.3) is 0 Å². The fourth-order valence-corrected chi connectivity index (χ4v) is 2.12. The Labute approximate surface area is 118 Å². The lowest BCUT2D eigenvalue weighted by molar-refractivity contribution is 0.265. The van der Waals surface area contributed by atoms with E-state index in [0.717, 1.165) is 11.3 Å². The van der Waals surface area contributed by atoms with E-state index >= 15 is 0 Å². The Morgan fingerprint density at radius 1 is 1.60 bits per heavy atom. The zero-order valence-corrected chi connectivity index (χ0v) is 11.9. The Balaban J connectivity index is 2.35. The van der Waals surface area contributed by atoms with Crippen LogP contribution in [0.15, 0.2) is 12.1 Å². The van der Waals surface area contributed by atoms with Crippen LogP contribution in [0.4, 0.5) is 5.69 Å². The second-order valence-electron chi connectivity index (χ2n) is 5.36. The van der Waals surface area contributed by atoms with E-state index in [9.17, 15) is 5.02 Å². The fourth-order valence-electron chi connectivity index (χ4n) is 2.12. The van der Waals surface area contributed by atoms with Crippen molar-refractivity contribution in [3.05, 3.63) is 17.7 Å². The van der Waals surface area contributed by atoms with E-state index in [2.05, 4.69) is 0 Å². The van der Waals surface area contributed by atoms with Gasteiger partial charge in [0.05, 0.1) is 18.4 Å². The van der Waals surface area contributed by atoms with E-state index < -0.39 is 12.7 Å². The molecule has 0 saturated heterocycles. The van der Waals surface area contributed by atoms with Gasteiger partial charge in [0.2, 0.25) is 0 Å². The van der Waals surface area contributed by atoms with Crippen molar-refractivity contribution in [1.82, 2.24) is 0 Å². The Bertz CT molecular complexity index is 555. The van der Waals surface area contributed by atoms with Gasteiger partial charge < -0.3 is 25.0 Å². The van der Waals surface area contributed by atoms with Crippen molar-refractivity contribution in [1.29, 1.82) is 5.26 Å². The molecule has 0 aromatic heterocycles. The van der Waals surface area contributed by atoms with Crippen LogP contribution in [-0.4, -0.2) is 38.4 Å². The first-order valence-electron chi connectivity index (χ1n) is 6.31. The lowest BCUT2D eigenvalue weighted by Gasteiger charge is -2.23. The summed E-state index contributed by atoms with van der Waals surface area (Å²) in [6.07, 6.45) is 0. The average Bonchev–Trinajstić information content (AvgIpc) is 2.77. The Morgan fingerprint density at radius 3 is 2.90 bits per heavy atom. The van der Waals surface area contributed by atoms with Crippen molar-refractivity contribution in [2.75, 3.05) is 25.6 Å². The number of nitrogens with zero attached hydrogens (tertiary/aromatic N) is 2. The molecule has 0 bridgehead atoms. The van der Waals surface area contributed by atoms with E-state index in [0.29, 0.717) is 17.8 Å². The second kappa shape index (κ2) is 5.33. The fraction of sp³-hybridized carbons (Fsp3) is 0.462. The molecule has 1 aromatic carbocycles. The minimum absolute atomic E-state index is 0.0695. The van der Waals surface area contributed by atoms with E-state index in [1.165, 1.54) is 0 Å². The van der Waals surface area contributed by atoms with Crippen molar-refractivity contribution in [2.24, 2.45) is 5.73 Å². The van der Waals surface area contributed by atoms with Crippen molar-refractivity contribution in [3.63, 3.8) is 0 Å². The molecular weight excluding hydrogens is 257 g/mol. The number of anilines is 1. The summed E-state index contributed by atoms with van der Waals surface area (Å²) in [7, 11) is 2.77. The highest BCUT2D eigenvalue weighted by molar-refractivity contribution is 6.63. The van der Waals surface area contributed by atoms with Gasteiger partial charge in [-0.3, -0.25) is 0 Å². The lowest BCUT2D eigenvalue weighted by Crippen LogP contribution is -2.41. The summed E-state index contributed by atoms with van der Waals surface area (Å²) in [6.45, 7) is 2.05. The summed E-state index contributed by atoms with van der Waals surface area (Å²) in [5.74, 6) is 0.574. The number of nitriles is 1. The van der Waals surface area contributed by atoms with Crippen molar-refractivity contribution in [3.8, 4) is 11.8 Å². The third-order valence-corrected chi connectivity index (χ3v) is 3.14. The molecule has 0 aliphatic carbocycles. The number of rotatable bonds is 4. The molecule has 0 unspecified atom stereocenters. The molecule has 0 amide bonds.